The molecule has 0 radical (unpaired) electrons. The highest BCUT2D eigenvalue weighted by Gasteiger charge is 2.06. The minimum absolute atomic E-state index is 0.540. The van der Waals surface area contributed by atoms with Crippen LogP contribution in [0.5, 0.6) is 0 Å². The molecule has 0 unspecified atom stereocenters. The lowest BCUT2D eigenvalue weighted by Crippen LogP contribution is -2.01. The first-order chi connectivity index (χ1) is 6.13. The van der Waals surface area contributed by atoms with E-state index < -0.39 is 5.97 Å². The van der Waals surface area contributed by atoms with Crippen LogP contribution in [0.25, 0.3) is 0 Å². The molecule has 76 valence electrons. The summed E-state index contributed by atoms with van der Waals surface area (Å²) in [5, 5.41) is 8.78. The molecule has 0 atom stereocenters. The topological polar surface area (TPSA) is 37.3 Å². The molecule has 2 nitrogen and oxygen atoms in total. The molecule has 0 aromatic rings. The molecule has 0 aromatic heterocycles. The van der Waals surface area contributed by atoms with Gasteiger partial charge < -0.3 is 5.11 Å². The summed E-state index contributed by atoms with van der Waals surface area (Å²) < 4.78 is 0. The Labute approximate surface area is 80.7 Å². The van der Waals surface area contributed by atoms with Crippen molar-refractivity contribution in [1.29, 1.82) is 0 Å². The van der Waals surface area contributed by atoms with Crippen molar-refractivity contribution in [3.8, 4) is 0 Å². The largest absolute Gasteiger partial charge is 0.478 e. The lowest BCUT2D eigenvalue weighted by atomic mass is 10.0. The first-order valence-corrected chi connectivity index (χ1v) is 5.05. The van der Waals surface area contributed by atoms with Crippen LogP contribution < -0.4 is 0 Å². The van der Waals surface area contributed by atoms with Crippen molar-refractivity contribution in [3.05, 3.63) is 11.1 Å². The van der Waals surface area contributed by atoms with E-state index >= 15 is 0 Å². The predicted molar refractivity (Wildman–Crippen MR) is 54.8 cm³/mol. The van der Waals surface area contributed by atoms with Crippen molar-refractivity contribution < 1.29 is 9.90 Å². The number of allylic oxidation sites excluding steroid dienone is 1. The Morgan fingerprint density at radius 2 is 1.85 bits per heavy atom. The van der Waals surface area contributed by atoms with E-state index in [4.69, 9.17) is 5.11 Å². The quantitative estimate of drug-likeness (QED) is 0.507. The number of carbonyl (C=O) groups is 1. The number of carboxylic acids is 1. The molecule has 0 spiro atoms. The van der Waals surface area contributed by atoms with Gasteiger partial charge in [0.05, 0.1) is 0 Å². The van der Waals surface area contributed by atoms with Crippen molar-refractivity contribution >= 4 is 5.97 Å². The van der Waals surface area contributed by atoms with Gasteiger partial charge in [0.15, 0.2) is 0 Å². The molecule has 0 aliphatic carbocycles. The highest BCUT2D eigenvalue weighted by atomic mass is 16.4. The molecule has 0 saturated carbocycles. The Morgan fingerprint density at radius 3 is 2.23 bits per heavy atom. The van der Waals surface area contributed by atoms with Crippen LogP contribution in [-0.4, -0.2) is 11.1 Å². The van der Waals surface area contributed by atoms with E-state index in [1.165, 1.54) is 12.8 Å². The normalized spacial score (nSPS) is 12.5. The molecule has 0 amide bonds. The summed E-state index contributed by atoms with van der Waals surface area (Å²) >= 11 is 0. The van der Waals surface area contributed by atoms with Gasteiger partial charge in [0.1, 0.15) is 0 Å². The third kappa shape index (κ3) is 4.71. The molecular formula is C11H20O2. The van der Waals surface area contributed by atoms with E-state index in [1.54, 1.807) is 6.92 Å². The standard InChI is InChI=1S/C11H20O2/c1-4-6-7-8-10(5-2)9(3)11(12)13/h4-8H2,1-3H3,(H,12,13)/b10-9-. The molecule has 13 heavy (non-hydrogen) atoms. The summed E-state index contributed by atoms with van der Waals surface area (Å²) in [5.74, 6) is -0.770. The number of hydrogen-bond donors (Lipinski definition) is 1. The van der Waals surface area contributed by atoms with Gasteiger partial charge in [-0.25, -0.2) is 4.79 Å². The van der Waals surface area contributed by atoms with Crippen LogP contribution in [0.2, 0.25) is 0 Å². The van der Waals surface area contributed by atoms with Crippen LogP contribution in [-0.2, 0) is 4.79 Å². The first-order valence-electron chi connectivity index (χ1n) is 5.05. The van der Waals surface area contributed by atoms with E-state index in [1.807, 2.05) is 6.92 Å². The van der Waals surface area contributed by atoms with E-state index in [-0.39, 0.29) is 0 Å². The summed E-state index contributed by atoms with van der Waals surface area (Å²) in [6.07, 6.45) is 5.30. The van der Waals surface area contributed by atoms with Gasteiger partial charge in [-0.05, 0) is 26.2 Å². The summed E-state index contributed by atoms with van der Waals surface area (Å²) in [5.41, 5.74) is 1.64. The maximum absolute atomic E-state index is 10.7. The zero-order valence-corrected chi connectivity index (χ0v) is 8.89. The van der Waals surface area contributed by atoms with Crippen molar-refractivity contribution in [3.63, 3.8) is 0 Å². The molecular weight excluding hydrogens is 164 g/mol. The summed E-state index contributed by atoms with van der Waals surface area (Å²) in [7, 11) is 0. The van der Waals surface area contributed by atoms with Gasteiger partial charge in [0.25, 0.3) is 0 Å². The molecule has 1 N–H and O–H groups in total. The van der Waals surface area contributed by atoms with Crippen LogP contribution in [0.4, 0.5) is 0 Å². The first kappa shape index (κ1) is 12.2. The summed E-state index contributed by atoms with van der Waals surface area (Å²) in [4.78, 5) is 10.7. The van der Waals surface area contributed by atoms with Gasteiger partial charge in [0.2, 0.25) is 0 Å². The smallest absolute Gasteiger partial charge is 0.331 e. The van der Waals surface area contributed by atoms with Crippen LogP contribution in [0.15, 0.2) is 11.1 Å². The van der Waals surface area contributed by atoms with Gasteiger partial charge in [-0.15, -0.1) is 0 Å². The SMILES string of the molecule is CCCCC/C(CC)=C(/C)C(=O)O. The Morgan fingerprint density at radius 1 is 1.23 bits per heavy atom. The Bertz CT molecular complexity index is 192. The number of carboxylic acid groups (broad SMARTS) is 1. The van der Waals surface area contributed by atoms with Gasteiger partial charge in [0, 0.05) is 5.57 Å². The molecule has 0 heterocycles. The molecule has 0 rings (SSSR count). The fourth-order valence-electron chi connectivity index (χ4n) is 1.37. The second-order valence-corrected chi connectivity index (χ2v) is 3.34. The molecule has 0 aromatic carbocycles. The van der Waals surface area contributed by atoms with Crippen molar-refractivity contribution in [2.24, 2.45) is 0 Å². The highest BCUT2D eigenvalue weighted by molar-refractivity contribution is 5.86. The van der Waals surface area contributed by atoms with Crippen LogP contribution in [0.1, 0.15) is 52.9 Å². The van der Waals surface area contributed by atoms with E-state index in [9.17, 15) is 4.79 Å². The third-order valence-corrected chi connectivity index (χ3v) is 2.36. The molecule has 0 aliphatic rings. The second kappa shape index (κ2) is 6.70. The van der Waals surface area contributed by atoms with Gasteiger partial charge in [-0.1, -0.05) is 32.3 Å². The second-order valence-electron chi connectivity index (χ2n) is 3.34. The van der Waals surface area contributed by atoms with Crippen molar-refractivity contribution in [2.75, 3.05) is 0 Å². The lowest BCUT2D eigenvalue weighted by Gasteiger charge is -2.06. The van der Waals surface area contributed by atoms with Crippen LogP contribution in [0, 0.1) is 0 Å². The van der Waals surface area contributed by atoms with Crippen molar-refractivity contribution in [1.82, 2.24) is 0 Å². The molecule has 0 saturated heterocycles. The number of unbranched alkanes of at least 4 members (excludes halogenated alkanes) is 2. The van der Waals surface area contributed by atoms with Gasteiger partial charge in [-0.3, -0.25) is 0 Å². The van der Waals surface area contributed by atoms with E-state index in [0.717, 1.165) is 24.8 Å². The maximum atomic E-state index is 10.7. The maximum Gasteiger partial charge on any atom is 0.331 e. The fraction of sp³-hybridized carbons (Fsp3) is 0.727. The summed E-state index contributed by atoms with van der Waals surface area (Å²) in [6.45, 7) is 5.88. The number of rotatable bonds is 6. The lowest BCUT2D eigenvalue weighted by molar-refractivity contribution is -0.132. The fourth-order valence-corrected chi connectivity index (χ4v) is 1.37. The molecule has 0 fully saturated rings. The average molecular weight is 184 g/mol. The van der Waals surface area contributed by atoms with E-state index in [0.29, 0.717) is 5.57 Å². The Balaban J connectivity index is 4.15. The minimum atomic E-state index is -0.770. The molecule has 0 aliphatic heterocycles. The van der Waals surface area contributed by atoms with Crippen LogP contribution >= 0.6 is 0 Å². The van der Waals surface area contributed by atoms with Crippen LogP contribution in [0.3, 0.4) is 0 Å². The zero-order chi connectivity index (χ0) is 10.3. The minimum Gasteiger partial charge on any atom is -0.478 e. The Hall–Kier alpha value is -0.790. The van der Waals surface area contributed by atoms with Crippen molar-refractivity contribution in [2.45, 2.75) is 52.9 Å². The van der Waals surface area contributed by atoms with Gasteiger partial charge >= 0.3 is 5.97 Å². The molecule has 0 bridgehead atoms. The highest BCUT2D eigenvalue weighted by Crippen LogP contribution is 2.16. The van der Waals surface area contributed by atoms with E-state index in [2.05, 4.69) is 6.92 Å². The predicted octanol–water partition coefficient (Wildman–Crippen LogP) is 3.38. The summed E-state index contributed by atoms with van der Waals surface area (Å²) in [6, 6.07) is 0. The van der Waals surface area contributed by atoms with Gasteiger partial charge in [-0.2, -0.15) is 0 Å². The monoisotopic (exact) mass is 184 g/mol. The molecule has 2 heteroatoms. The average Bonchev–Trinajstić information content (AvgIpc) is 2.11. The zero-order valence-electron chi connectivity index (χ0n) is 8.89. The third-order valence-electron chi connectivity index (χ3n) is 2.36. The number of hydrogen-bond acceptors (Lipinski definition) is 1. The Kier molecular flexibility index (Phi) is 6.29. The number of aliphatic carboxylic acids is 1.